The average Bonchev–Trinajstić information content (AvgIpc) is 2.43. The van der Waals surface area contributed by atoms with Gasteiger partial charge in [0.05, 0.1) is 18.8 Å². The summed E-state index contributed by atoms with van der Waals surface area (Å²) in [4.78, 5) is 14.3. The molecule has 1 heterocycles. The Bertz CT molecular complexity index is 496. The highest BCUT2D eigenvalue weighted by molar-refractivity contribution is 5.95. The van der Waals surface area contributed by atoms with Crippen molar-refractivity contribution in [3.05, 3.63) is 29.1 Å². The number of anilines is 1. The summed E-state index contributed by atoms with van der Waals surface area (Å²) >= 11 is 0. The standard InChI is InChI=1S/C15H21FN2O2/c1-4-12-8-20-9(2)7-18(12)15(19)11-5-13(16)10(3)14(17)6-11/h5-6,9,12H,4,7-8,17H2,1-3H3. The van der Waals surface area contributed by atoms with Crippen LogP contribution in [-0.2, 0) is 4.74 Å². The highest BCUT2D eigenvalue weighted by atomic mass is 19.1. The van der Waals surface area contributed by atoms with Gasteiger partial charge in [-0.05, 0) is 32.4 Å². The Labute approximate surface area is 118 Å². The van der Waals surface area contributed by atoms with Crippen molar-refractivity contribution in [1.29, 1.82) is 0 Å². The molecule has 0 bridgehead atoms. The van der Waals surface area contributed by atoms with Gasteiger partial charge >= 0.3 is 0 Å². The fourth-order valence-electron chi connectivity index (χ4n) is 2.42. The Hall–Kier alpha value is -1.62. The van der Waals surface area contributed by atoms with Crippen molar-refractivity contribution >= 4 is 11.6 Å². The van der Waals surface area contributed by atoms with Crippen LogP contribution in [0, 0.1) is 12.7 Å². The van der Waals surface area contributed by atoms with Crippen LogP contribution >= 0.6 is 0 Å². The molecule has 1 saturated heterocycles. The minimum atomic E-state index is -0.442. The normalized spacial score (nSPS) is 22.9. The molecule has 2 rings (SSSR count). The molecule has 1 fully saturated rings. The molecule has 2 unspecified atom stereocenters. The number of carbonyl (C=O) groups is 1. The Morgan fingerprint density at radius 3 is 2.85 bits per heavy atom. The predicted molar refractivity (Wildman–Crippen MR) is 76.1 cm³/mol. The van der Waals surface area contributed by atoms with Gasteiger partial charge in [-0.2, -0.15) is 0 Å². The number of carbonyl (C=O) groups excluding carboxylic acids is 1. The summed E-state index contributed by atoms with van der Waals surface area (Å²) in [6, 6.07) is 2.85. The first-order valence-electron chi connectivity index (χ1n) is 6.92. The second-order valence-electron chi connectivity index (χ2n) is 5.34. The van der Waals surface area contributed by atoms with Crippen molar-refractivity contribution in [3.8, 4) is 0 Å². The molecule has 1 amide bonds. The molecule has 0 spiro atoms. The molecule has 2 N–H and O–H groups in total. The van der Waals surface area contributed by atoms with Gasteiger partial charge in [-0.15, -0.1) is 0 Å². The van der Waals surface area contributed by atoms with E-state index in [1.165, 1.54) is 6.07 Å². The monoisotopic (exact) mass is 280 g/mol. The number of nitrogens with zero attached hydrogens (tertiary/aromatic N) is 1. The number of benzene rings is 1. The topological polar surface area (TPSA) is 55.6 Å². The van der Waals surface area contributed by atoms with Gasteiger partial charge in [0, 0.05) is 23.4 Å². The van der Waals surface area contributed by atoms with Crippen molar-refractivity contribution in [1.82, 2.24) is 4.90 Å². The molecule has 20 heavy (non-hydrogen) atoms. The molecular formula is C15H21FN2O2. The van der Waals surface area contributed by atoms with E-state index in [9.17, 15) is 9.18 Å². The zero-order valence-corrected chi connectivity index (χ0v) is 12.1. The molecule has 0 saturated carbocycles. The van der Waals surface area contributed by atoms with E-state index < -0.39 is 5.82 Å². The summed E-state index contributed by atoms with van der Waals surface area (Å²) in [7, 11) is 0. The summed E-state index contributed by atoms with van der Waals surface area (Å²) < 4.78 is 19.3. The summed E-state index contributed by atoms with van der Waals surface area (Å²) in [6.07, 6.45) is 0.803. The van der Waals surface area contributed by atoms with Crippen molar-refractivity contribution in [2.45, 2.75) is 39.3 Å². The fraction of sp³-hybridized carbons (Fsp3) is 0.533. The zero-order valence-electron chi connectivity index (χ0n) is 12.1. The van der Waals surface area contributed by atoms with Gasteiger partial charge in [0.15, 0.2) is 0 Å². The first kappa shape index (κ1) is 14.8. The lowest BCUT2D eigenvalue weighted by Gasteiger charge is -2.38. The van der Waals surface area contributed by atoms with Gasteiger partial charge in [0.2, 0.25) is 0 Å². The van der Waals surface area contributed by atoms with Crippen LogP contribution in [0.3, 0.4) is 0 Å². The molecule has 110 valence electrons. The van der Waals surface area contributed by atoms with Crippen molar-refractivity contribution in [2.24, 2.45) is 0 Å². The van der Waals surface area contributed by atoms with Gasteiger partial charge in [0.1, 0.15) is 5.82 Å². The lowest BCUT2D eigenvalue weighted by molar-refractivity contribution is -0.0444. The first-order chi connectivity index (χ1) is 9.43. The largest absolute Gasteiger partial charge is 0.398 e. The molecule has 0 radical (unpaired) electrons. The second-order valence-corrected chi connectivity index (χ2v) is 5.34. The number of halogens is 1. The van der Waals surface area contributed by atoms with Crippen LogP contribution in [0.25, 0.3) is 0 Å². The van der Waals surface area contributed by atoms with Crippen molar-refractivity contribution < 1.29 is 13.9 Å². The number of amides is 1. The Balaban J connectivity index is 2.29. The lowest BCUT2D eigenvalue weighted by Crippen LogP contribution is -2.51. The molecule has 5 heteroatoms. The Kier molecular flexibility index (Phi) is 4.28. The molecule has 1 aliphatic rings. The highest BCUT2D eigenvalue weighted by Crippen LogP contribution is 2.22. The number of hydrogen-bond acceptors (Lipinski definition) is 3. The van der Waals surface area contributed by atoms with Gasteiger partial charge in [-0.3, -0.25) is 4.79 Å². The van der Waals surface area contributed by atoms with E-state index in [0.29, 0.717) is 30.0 Å². The van der Waals surface area contributed by atoms with Crippen LogP contribution in [0.15, 0.2) is 12.1 Å². The molecule has 1 aromatic carbocycles. The second kappa shape index (κ2) is 5.79. The van der Waals surface area contributed by atoms with Crippen LogP contribution in [0.4, 0.5) is 10.1 Å². The number of nitrogens with two attached hydrogens (primary N) is 1. The lowest BCUT2D eigenvalue weighted by atomic mass is 10.1. The first-order valence-corrected chi connectivity index (χ1v) is 6.92. The van der Waals surface area contributed by atoms with Gasteiger partial charge < -0.3 is 15.4 Å². The quantitative estimate of drug-likeness (QED) is 0.846. The van der Waals surface area contributed by atoms with Crippen LogP contribution in [-0.4, -0.2) is 36.1 Å². The fourth-order valence-corrected chi connectivity index (χ4v) is 2.42. The predicted octanol–water partition coefficient (Wildman–Crippen LogP) is 2.36. The summed E-state index contributed by atoms with van der Waals surface area (Å²) in [5, 5.41) is 0. The van der Waals surface area contributed by atoms with Crippen molar-refractivity contribution in [2.75, 3.05) is 18.9 Å². The third kappa shape index (κ3) is 2.77. The third-order valence-electron chi connectivity index (χ3n) is 3.83. The van der Waals surface area contributed by atoms with E-state index in [0.717, 1.165) is 6.42 Å². The molecule has 0 aliphatic carbocycles. The number of ether oxygens (including phenoxy) is 1. The summed E-state index contributed by atoms with van der Waals surface area (Å²) in [6.45, 7) is 6.58. The maximum absolute atomic E-state index is 13.7. The minimum absolute atomic E-state index is 0.00519. The van der Waals surface area contributed by atoms with Gasteiger partial charge in [0.25, 0.3) is 5.91 Å². The molecular weight excluding hydrogens is 259 g/mol. The van der Waals surface area contributed by atoms with Crippen LogP contribution in [0.5, 0.6) is 0 Å². The third-order valence-corrected chi connectivity index (χ3v) is 3.83. The maximum atomic E-state index is 13.7. The van der Waals surface area contributed by atoms with E-state index in [1.807, 2.05) is 13.8 Å². The van der Waals surface area contributed by atoms with Crippen molar-refractivity contribution in [3.63, 3.8) is 0 Å². The number of rotatable bonds is 2. The van der Waals surface area contributed by atoms with Crippen LogP contribution in [0.1, 0.15) is 36.2 Å². The van der Waals surface area contributed by atoms with Crippen LogP contribution in [0.2, 0.25) is 0 Å². The van der Waals surface area contributed by atoms with E-state index in [1.54, 1.807) is 17.9 Å². The summed E-state index contributed by atoms with van der Waals surface area (Å²) in [5.74, 6) is -0.625. The van der Waals surface area contributed by atoms with E-state index in [2.05, 4.69) is 0 Å². The number of nitrogen functional groups attached to an aromatic ring is 1. The Morgan fingerprint density at radius 2 is 2.25 bits per heavy atom. The molecule has 0 aromatic heterocycles. The van der Waals surface area contributed by atoms with Gasteiger partial charge in [-0.1, -0.05) is 6.92 Å². The van der Waals surface area contributed by atoms with E-state index in [-0.39, 0.29) is 18.1 Å². The number of morpholine rings is 1. The molecule has 1 aliphatic heterocycles. The van der Waals surface area contributed by atoms with E-state index >= 15 is 0 Å². The SMILES string of the molecule is CCC1COC(C)CN1C(=O)c1cc(N)c(C)c(F)c1. The maximum Gasteiger partial charge on any atom is 0.254 e. The van der Waals surface area contributed by atoms with E-state index in [4.69, 9.17) is 10.5 Å². The molecule has 2 atom stereocenters. The Morgan fingerprint density at radius 1 is 1.55 bits per heavy atom. The highest BCUT2D eigenvalue weighted by Gasteiger charge is 2.30. The van der Waals surface area contributed by atoms with Crippen LogP contribution < -0.4 is 5.73 Å². The number of hydrogen-bond donors (Lipinski definition) is 1. The smallest absolute Gasteiger partial charge is 0.254 e. The molecule has 4 nitrogen and oxygen atoms in total. The minimum Gasteiger partial charge on any atom is -0.398 e. The average molecular weight is 280 g/mol. The molecule has 1 aromatic rings. The zero-order chi connectivity index (χ0) is 14.9. The van der Waals surface area contributed by atoms with Gasteiger partial charge in [-0.25, -0.2) is 4.39 Å². The summed E-state index contributed by atoms with van der Waals surface area (Å²) in [5.41, 5.74) is 6.74.